The molecule has 3 N–H and O–H groups in total. The highest BCUT2D eigenvalue weighted by Crippen LogP contribution is 1.93. The molecule has 19 heavy (non-hydrogen) atoms. The molecule has 1 amide bonds. The molecule has 0 aromatic carbocycles. The van der Waals surface area contributed by atoms with Crippen LogP contribution in [0.3, 0.4) is 0 Å². The highest BCUT2D eigenvalue weighted by Gasteiger charge is 2.14. The van der Waals surface area contributed by atoms with Crippen molar-refractivity contribution in [2.45, 2.75) is 0 Å². The summed E-state index contributed by atoms with van der Waals surface area (Å²) in [4.78, 5) is 52.2. The molecule has 0 atom stereocenters. The first kappa shape index (κ1) is 12.3. The molecule has 10 heteroatoms. The molecule has 98 valence electrons. The number of carbonyl (C=O) groups excluding carboxylic acids is 2. The van der Waals surface area contributed by atoms with Gasteiger partial charge in [-0.1, -0.05) is 0 Å². The maximum atomic E-state index is 11.5. The molecule has 0 aliphatic carbocycles. The molecular formula is C9H7N5O5. The van der Waals surface area contributed by atoms with E-state index in [-0.39, 0.29) is 0 Å². The molecule has 0 bridgehead atoms. The number of H-pyrrole nitrogens is 2. The lowest BCUT2D eigenvalue weighted by atomic mass is 10.4. The number of amides is 1. The van der Waals surface area contributed by atoms with Crippen molar-refractivity contribution in [2.75, 3.05) is 5.43 Å². The van der Waals surface area contributed by atoms with Gasteiger partial charge in [-0.15, -0.1) is 0 Å². The maximum absolute atomic E-state index is 11.5. The fourth-order valence-corrected chi connectivity index (χ4v) is 1.17. The Morgan fingerprint density at radius 2 is 2.11 bits per heavy atom. The summed E-state index contributed by atoms with van der Waals surface area (Å²) in [5.41, 5.74) is 0.0439. The molecule has 0 radical (unpaired) electrons. The Balaban J connectivity index is 2.06. The first-order valence-electron chi connectivity index (χ1n) is 4.89. The van der Waals surface area contributed by atoms with Gasteiger partial charge in [0.25, 0.3) is 5.56 Å². The van der Waals surface area contributed by atoms with Gasteiger partial charge in [-0.2, -0.15) is 0 Å². The van der Waals surface area contributed by atoms with Crippen molar-refractivity contribution in [3.05, 3.63) is 51.3 Å². The Labute approximate surface area is 104 Å². The van der Waals surface area contributed by atoms with Crippen molar-refractivity contribution in [1.82, 2.24) is 19.6 Å². The van der Waals surface area contributed by atoms with Crippen molar-refractivity contribution in [1.29, 1.82) is 0 Å². The third-order valence-electron chi connectivity index (χ3n) is 1.89. The van der Waals surface area contributed by atoms with Crippen LogP contribution in [0.1, 0.15) is 10.5 Å². The lowest BCUT2D eigenvalue weighted by Gasteiger charge is -2.04. The monoisotopic (exact) mass is 265 g/mol. The van der Waals surface area contributed by atoms with Gasteiger partial charge in [-0.05, 0) is 0 Å². The van der Waals surface area contributed by atoms with Crippen LogP contribution in [0, 0.1) is 0 Å². The first-order valence-corrected chi connectivity index (χ1v) is 4.89. The minimum absolute atomic E-state index is 0.436. The molecule has 0 aliphatic rings. The highest BCUT2D eigenvalue weighted by atomic mass is 16.6. The van der Waals surface area contributed by atoms with Crippen LogP contribution >= 0.6 is 0 Å². The molecule has 2 rings (SSSR count). The minimum Gasteiger partial charge on any atom is -0.370 e. The second-order valence-electron chi connectivity index (χ2n) is 3.26. The summed E-state index contributed by atoms with van der Waals surface area (Å²) in [6.45, 7) is 0. The Morgan fingerprint density at radius 3 is 2.74 bits per heavy atom. The summed E-state index contributed by atoms with van der Waals surface area (Å²) < 4.78 is 5.51. The van der Waals surface area contributed by atoms with Gasteiger partial charge in [0.05, 0.1) is 0 Å². The van der Waals surface area contributed by atoms with E-state index in [9.17, 15) is 19.2 Å². The van der Waals surface area contributed by atoms with Gasteiger partial charge in [-0.25, -0.2) is 29.5 Å². The molecule has 2 aromatic heterocycles. The summed E-state index contributed by atoms with van der Waals surface area (Å²) >= 11 is 0. The Hall–Kier alpha value is -3.17. The number of ether oxygens (including phenoxy) is 1. The molecule has 0 fully saturated rings. The number of nitrogens with zero attached hydrogens (tertiary/aromatic N) is 2. The average Bonchev–Trinajstić information content (AvgIpc) is 2.80. The molecule has 0 aliphatic heterocycles. The number of rotatable bonds is 2. The van der Waals surface area contributed by atoms with E-state index in [4.69, 9.17) is 0 Å². The summed E-state index contributed by atoms with van der Waals surface area (Å²) in [7, 11) is 0. The molecule has 0 saturated heterocycles. The fourth-order valence-electron chi connectivity index (χ4n) is 1.17. The van der Waals surface area contributed by atoms with Crippen molar-refractivity contribution < 1.29 is 14.3 Å². The Kier molecular flexibility index (Phi) is 3.23. The maximum Gasteiger partial charge on any atom is 0.434 e. The standard InChI is InChI=1S/C9H7N5O5/c15-6-3-5(11-8(17)12-6)7(16)19-9(18)13-14-2-1-10-4-14/h1-4H,(H,13,18)(H2,11,12,15,17). The van der Waals surface area contributed by atoms with Crippen molar-refractivity contribution in [3.63, 3.8) is 0 Å². The lowest BCUT2D eigenvalue weighted by molar-refractivity contribution is 0.0633. The molecule has 0 unspecified atom stereocenters. The molecule has 10 nitrogen and oxygen atoms in total. The van der Waals surface area contributed by atoms with Crippen LogP contribution in [-0.2, 0) is 4.74 Å². The van der Waals surface area contributed by atoms with E-state index in [0.717, 1.165) is 10.7 Å². The van der Waals surface area contributed by atoms with E-state index in [0.29, 0.717) is 0 Å². The summed E-state index contributed by atoms with van der Waals surface area (Å²) in [5.74, 6) is -1.17. The number of hydrogen-bond acceptors (Lipinski definition) is 6. The van der Waals surface area contributed by atoms with Gasteiger partial charge in [-0.3, -0.25) is 9.78 Å². The van der Waals surface area contributed by atoms with Gasteiger partial charge >= 0.3 is 17.8 Å². The van der Waals surface area contributed by atoms with E-state index in [2.05, 4.69) is 15.1 Å². The van der Waals surface area contributed by atoms with Crippen LogP contribution in [0.25, 0.3) is 0 Å². The van der Waals surface area contributed by atoms with Crippen LogP contribution in [-0.4, -0.2) is 31.7 Å². The zero-order chi connectivity index (χ0) is 13.8. The number of esters is 1. The van der Waals surface area contributed by atoms with Gasteiger partial charge in [0.1, 0.15) is 12.0 Å². The van der Waals surface area contributed by atoms with Gasteiger partial charge in [0.2, 0.25) is 0 Å². The number of imidazole rings is 1. The summed E-state index contributed by atoms with van der Waals surface area (Å²) in [6, 6.07) is 0.800. The number of hydrogen-bond donors (Lipinski definition) is 3. The molecular weight excluding hydrogens is 258 g/mol. The Bertz CT molecular complexity index is 685. The number of nitrogens with one attached hydrogen (secondary N) is 3. The van der Waals surface area contributed by atoms with Crippen LogP contribution in [0.2, 0.25) is 0 Å². The van der Waals surface area contributed by atoms with E-state index < -0.39 is 29.0 Å². The topological polar surface area (TPSA) is 139 Å². The SMILES string of the molecule is O=C(Nn1ccnc1)OC(=O)c1cc(=O)[nH]c(=O)[nH]1. The zero-order valence-electron chi connectivity index (χ0n) is 9.25. The van der Waals surface area contributed by atoms with E-state index >= 15 is 0 Å². The minimum atomic E-state index is -1.17. The van der Waals surface area contributed by atoms with Crippen LogP contribution < -0.4 is 16.7 Å². The quantitative estimate of drug-likeness (QED) is 0.459. The van der Waals surface area contributed by atoms with Crippen molar-refractivity contribution >= 4 is 12.1 Å². The lowest BCUT2D eigenvalue weighted by Crippen LogP contribution is -2.29. The van der Waals surface area contributed by atoms with Crippen molar-refractivity contribution in [2.24, 2.45) is 0 Å². The smallest absolute Gasteiger partial charge is 0.370 e. The fraction of sp³-hybridized carbons (Fsp3) is 0. The normalized spacial score (nSPS) is 9.89. The molecule has 0 saturated carbocycles. The number of aromatic amines is 2. The molecule has 2 heterocycles. The third-order valence-corrected chi connectivity index (χ3v) is 1.89. The van der Waals surface area contributed by atoms with E-state index in [1.165, 1.54) is 18.7 Å². The van der Waals surface area contributed by atoms with E-state index in [1.54, 1.807) is 0 Å². The largest absolute Gasteiger partial charge is 0.434 e. The van der Waals surface area contributed by atoms with Gasteiger partial charge in [0.15, 0.2) is 0 Å². The summed E-state index contributed by atoms with van der Waals surface area (Å²) in [5, 5.41) is 0. The van der Waals surface area contributed by atoms with Gasteiger partial charge < -0.3 is 9.72 Å². The summed E-state index contributed by atoms with van der Waals surface area (Å²) in [6.07, 6.45) is 2.97. The number of carbonyl (C=O) groups is 2. The zero-order valence-corrected chi connectivity index (χ0v) is 9.25. The second kappa shape index (κ2) is 5.00. The average molecular weight is 265 g/mol. The van der Waals surface area contributed by atoms with Crippen LogP contribution in [0.5, 0.6) is 0 Å². The predicted molar refractivity (Wildman–Crippen MR) is 60.1 cm³/mol. The highest BCUT2D eigenvalue weighted by molar-refractivity contribution is 5.96. The predicted octanol–water partition coefficient (Wildman–Crippen LogP) is -1.22. The molecule has 0 spiro atoms. The van der Waals surface area contributed by atoms with Gasteiger partial charge in [0, 0.05) is 18.5 Å². The Morgan fingerprint density at radius 1 is 1.32 bits per heavy atom. The first-order chi connectivity index (χ1) is 9.04. The third kappa shape index (κ3) is 3.15. The van der Waals surface area contributed by atoms with E-state index in [1.807, 2.05) is 9.97 Å². The van der Waals surface area contributed by atoms with Crippen LogP contribution in [0.15, 0.2) is 34.4 Å². The van der Waals surface area contributed by atoms with Crippen molar-refractivity contribution in [3.8, 4) is 0 Å². The van der Waals surface area contributed by atoms with Crippen LogP contribution in [0.4, 0.5) is 4.79 Å². The number of aromatic nitrogens is 4. The second-order valence-corrected chi connectivity index (χ2v) is 3.26. The molecule has 2 aromatic rings.